The Hall–Kier alpha value is -3.64. The quantitative estimate of drug-likeness (QED) is 0.691. The first-order valence-corrected chi connectivity index (χ1v) is 10.7. The average molecular weight is 427 g/mol. The number of hydrogen-bond donors (Lipinski definition) is 1. The molecular weight excluding hydrogens is 406 g/mol. The molecule has 0 aromatic heterocycles. The van der Waals surface area contributed by atoms with Gasteiger partial charge in [-0.05, 0) is 42.2 Å². The minimum Gasteiger partial charge on any atom is -0.454 e. The highest BCUT2D eigenvalue weighted by molar-refractivity contribution is 6.12. The second-order valence-electron chi connectivity index (χ2n) is 8.48. The van der Waals surface area contributed by atoms with Crippen LogP contribution in [-0.2, 0) is 23.4 Å². The van der Waals surface area contributed by atoms with E-state index in [4.69, 9.17) is 9.47 Å². The number of aryl methyl sites for hydroxylation is 1. The molecule has 2 atom stereocenters. The summed E-state index contributed by atoms with van der Waals surface area (Å²) in [6.45, 7) is 0.432. The van der Waals surface area contributed by atoms with Crippen LogP contribution in [0.1, 0.15) is 33.5 Å². The van der Waals surface area contributed by atoms with Crippen molar-refractivity contribution in [2.75, 3.05) is 11.7 Å². The smallest absolute Gasteiger partial charge is 0.264 e. The highest BCUT2D eigenvalue weighted by Crippen LogP contribution is 2.49. The third kappa shape index (κ3) is 2.63. The van der Waals surface area contributed by atoms with E-state index in [0.717, 1.165) is 11.1 Å². The number of rotatable bonds is 3. The lowest BCUT2D eigenvalue weighted by Crippen LogP contribution is -2.49. The van der Waals surface area contributed by atoms with E-state index in [2.05, 4.69) is 0 Å². The van der Waals surface area contributed by atoms with E-state index in [1.807, 2.05) is 48.5 Å². The van der Waals surface area contributed by atoms with E-state index in [1.165, 1.54) is 0 Å². The average Bonchev–Trinajstić information content (AvgIpc) is 3.37. The maximum absolute atomic E-state index is 13.7. The van der Waals surface area contributed by atoms with Gasteiger partial charge in [0.05, 0.1) is 18.2 Å². The van der Waals surface area contributed by atoms with Crippen LogP contribution in [0.2, 0.25) is 0 Å². The molecule has 0 fully saturated rings. The van der Waals surface area contributed by atoms with Crippen LogP contribution in [0.25, 0.3) is 0 Å². The van der Waals surface area contributed by atoms with Crippen LogP contribution in [0, 0.1) is 5.92 Å². The number of anilines is 1. The van der Waals surface area contributed by atoms with E-state index in [0.29, 0.717) is 41.2 Å². The maximum atomic E-state index is 13.7. The van der Waals surface area contributed by atoms with Gasteiger partial charge in [-0.2, -0.15) is 0 Å². The molecule has 3 aromatic rings. The highest BCUT2D eigenvalue weighted by atomic mass is 16.7. The summed E-state index contributed by atoms with van der Waals surface area (Å²) in [5.41, 5.74) is 1.64. The molecule has 0 spiro atoms. The first kappa shape index (κ1) is 19.1. The summed E-state index contributed by atoms with van der Waals surface area (Å²) >= 11 is 0. The number of fused-ring (bicyclic) bond motifs is 3. The number of nitrogens with zero attached hydrogens (tertiary/aromatic N) is 1. The topological polar surface area (TPSA) is 76.1 Å². The summed E-state index contributed by atoms with van der Waals surface area (Å²) < 4.78 is 10.8. The SMILES string of the molecule is O=C1c2ccccc2CCC1C1(O)C(=O)N(Cc2ccc3c(c2)OCO3)c2ccccc21. The minimum absolute atomic E-state index is 0.176. The zero-order valence-electron chi connectivity index (χ0n) is 17.3. The van der Waals surface area contributed by atoms with Gasteiger partial charge in [-0.15, -0.1) is 0 Å². The molecule has 0 saturated heterocycles. The standard InChI is InChI=1S/C26H21NO5/c28-24-18-6-2-1-5-17(18)10-11-20(24)26(30)19-7-3-4-8-21(19)27(25(26)29)14-16-9-12-22-23(13-16)32-15-31-22/h1-9,12-13,20,30H,10-11,14-15H2. The van der Waals surface area contributed by atoms with Crippen LogP contribution in [0.15, 0.2) is 66.7 Å². The van der Waals surface area contributed by atoms with Crippen molar-refractivity contribution in [2.45, 2.75) is 25.0 Å². The molecule has 3 aromatic carbocycles. The Kier molecular flexibility index (Phi) is 4.13. The van der Waals surface area contributed by atoms with Gasteiger partial charge >= 0.3 is 0 Å². The van der Waals surface area contributed by atoms with Gasteiger partial charge in [-0.25, -0.2) is 0 Å². The van der Waals surface area contributed by atoms with Gasteiger partial charge in [-0.1, -0.05) is 48.5 Å². The Bertz CT molecular complexity index is 1270. The number of aliphatic hydroxyl groups is 1. The molecule has 0 saturated carbocycles. The molecule has 0 radical (unpaired) electrons. The maximum Gasteiger partial charge on any atom is 0.264 e. The largest absolute Gasteiger partial charge is 0.454 e. The van der Waals surface area contributed by atoms with Crippen molar-refractivity contribution in [2.24, 2.45) is 5.92 Å². The van der Waals surface area contributed by atoms with Gasteiger partial charge in [0, 0.05) is 11.1 Å². The van der Waals surface area contributed by atoms with E-state index in [1.54, 1.807) is 23.1 Å². The summed E-state index contributed by atoms with van der Waals surface area (Å²) in [4.78, 5) is 28.7. The lowest BCUT2D eigenvalue weighted by Gasteiger charge is -2.34. The minimum atomic E-state index is -1.89. The molecule has 0 bridgehead atoms. The van der Waals surface area contributed by atoms with Crippen molar-refractivity contribution in [3.8, 4) is 11.5 Å². The van der Waals surface area contributed by atoms with Gasteiger partial charge in [0.25, 0.3) is 5.91 Å². The molecular formula is C26H21NO5. The van der Waals surface area contributed by atoms with Crippen molar-refractivity contribution in [3.63, 3.8) is 0 Å². The van der Waals surface area contributed by atoms with Crippen LogP contribution >= 0.6 is 0 Å². The molecule has 1 N–H and O–H groups in total. The summed E-state index contributed by atoms with van der Waals surface area (Å²) in [5.74, 6) is -0.161. The summed E-state index contributed by atoms with van der Waals surface area (Å²) in [5, 5.41) is 11.9. The molecule has 3 aliphatic rings. The monoisotopic (exact) mass is 427 g/mol. The van der Waals surface area contributed by atoms with Crippen molar-refractivity contribution in [3.05, 3.63) is 89.0 Å². The Morgan fingerprint density at radius 2 is 1.75 bits per heavy atom. The van der Waals surface area contributed by atoms with Crippen molar-refractivity contribution in [1.29, 1.82) is 0 Å². The van der Waals surface area contributed by atoms with E-state index in [9.17, 15) is 14.7 Å². The van der Waals surface area contributed by atoms with Gasteiger partial charge in [0.2, 0.25) is 6.79 Å². The molecule has 2 aliphatic heterocycles. The predicted molar refractivity (Wildman–Crippen MR) is 117 cm³/mol. The summed E-state index contributed by atoms with van der Waals surface area (Å²) in [6, 6.07) is 20.2. The molecule has 1 aliphatic carbocycles. The third-order valence-corrected chi connectivity index (χ3v) is 6.76. The van der Waals surface area contributed by atoms with Crippen LogP contribution in [-0.4, -0.2) is 23.6 Å². The number of ether oxygens (including phenoxy) is 2. The molecule has 6 nitrogen and oxygen atoms in total. The van der Waals surface area contributed by atoms with Crippen molar-refractivity contribution >= 4 is 17.4 Å². The molecule has 6 heteroatoms. The molecule has 2 unspecified atom stereocenters. The number of amides is 1. The highest BCUT2D eigenvalue weighted by Gasteiger charge is 2.57. The number of benzene rings is 3. The van der Waals surface area contributed by atoms with Gasteiger partial charge in [-0.3, -0.25) is 9.59 Å². The van der Waals surface area contributed by atoms with Crippen molar-refractivity contribution in [1.82, 2.24) is 0 Å². The van der Waals surface area contributed by atoms with Crippen LogP contribution in [0.5, 0.6) is 11.5 Å². The number of para-hydroxylation sites is 1. The van der Waals surface area contributed by atoms with Crippen LogP contribution < -0.4 is 14.4 Å². The lowest BCUT2D eigenvalue weighted by molar-refractivity contribution is -0.140. The van der Waals surface area contributed by atoms with Gasteiger partial charge in [0.1, 0.15) is 0 Å². The number of hydrogen-bond acceptors (Lipinski definition) is 5. The summed E-state index contributed by atoms with van der Waals surface area (Å²) in [7, 11) is 0. The van der Waals surface area contributed by atoms with E-state index < -0.39 is 17.4 Å². The normalized spacial score (nSPS) is 23.3. The Morgan fingerprint density at radius 1 is 0.969 bits per heavy atom. The molecule has 160 valence electrons. The Morgan fingerprint density at radius 3 is 2.66 bits per heavy atom. The fourth-order valence-electron chi connectivity index (χ4n) is 5.17. The van der Waals surface area contributed by atoms with Gasteiger partial charge < -0.3 is 19.5 Å². The van der Waals surface area contributed by atoms with E-state index >= 15 is 0 Å². The number of carbonyl (C=O) groups is 2. The molecule has 32 heavy (non-hydrogen) atoms. The second kappa shape index (κ2) is 6.93. The second-order valence-corrected chi connectivity index (χ2v) is 8.48. The van der Waals surface area contributed by atoms with Crippen molar-refractivity contribution < 1.29 is 24.2 Å². The fraction of sp³-hybridized carbons (Fsp3) is 0.231. The number of ketones is 1. The van der Waals surface area contributed by atoms with Crippen LogP contribution in [0.4, 0.5) is 5.69 Å². The van der Waals surface area contributed by atoms with E-state index in [-0.39, 0.29) is 19.1 Å². The third-order valence-electron chi connectivity index (χ3n) is 6.76. The fourth-order valence-corrected chi connectivity index (χ4v) is 5.17. The lowest BCUT2D eigenvalue weighted by atomic mass is 9.71. The first-order valence-electron chi connectivity index (χ1n) is 10.7. The van der Waals surface area contributed by atoms with Gasteiger partial charge in [0.15, 0.2) is 22.9 Å². The Balaban J connectivity index is 1.39. The number of carbonyl (C=O) groups excluding carboxylic acids is 2. The molecule has 2 heterocycles. The van der Waals surface area contributed by atoms with Crippen LogP contribution in [0.3, 0.4) is 0 Å². The predicted octanol–water partition coefficient (Wildman–Crippen LogP) is 3.60. The summed E-state index contributed by atoms with van der Waals surface area (Å²) in [6.07, 6.45) is 1.07. The Labute approximate surface area is 185 Å². The molecule has 1 amide bonds. The molecule has 6 rings (SSSR count). The first-order chi connectivity index (χ1) is 15.6. The zero-order valence-corrected chi connectivity index (χ0v) is 17.3. The zero-order chi connectivity index (χ0) is 21.9. The number of Topliss-reactive ketones (excluding diaryl/α,β-unsaturated/α-hetero) is 1.